The van der Waals surface area contributed by atoms with Gasteiger partial charge in [0.25, 0.3) is 11.1 Å². The lowest BCUT2D eigenvalue weighted by molar-refractivity contribution is -0.123. The van der Waals surface area contributed by atoms with Crippen LogP contribution in [0.4, 0.5) is 4.79 Å². The highest BCUT2D eigenvalue weighted by molar-refractivity contribution is 8.18. The summed E-state index contributed by atoms with van der Waals surface area (Å²) in [5.41, 5.74) is 5.09. The van der Waals surface area contributed by atoms with Crippen LogP contribution >= 0.6 is 23.4 Å². The fourth-order valence-electron chi connectivity index (χ4n) is 4.42. The third-order valence-corrected chi connectivity index (χ3v) is 7.56. The van der Waals surface area contributed by atoms with Gasteiger partial charge in [-0.1, -0.05) is 60.1 Å². The van der Waals surface area contributed by atoms with Crippen molar-refractivity contribution in [2.75, 3.05) is 13.2 Å². The molecule has 2 amide bonds. The fraction of sp³-hybridized carbons (Fsp3) is 0.172. The second-order valence-electron chi connectivity index (χ2n) is 8.69. The van der Waals surface area contributed by atoms with Gasteiger partial charge in [0.2, 0.25) is 0 Å². The molecule has 0 saturated carbocycles. The van der Waals surface area contributed by atoms with Crippen molar-refractivity contribution in [3.05, 3.63) is 105 Å². The second kappa shape index (κ2) is 10.2. The van der Waals surface area contributed by atoms with Gasteiger partial charge in [-0.15, -0.1) is 0 Å². The first-order valence-corrected chi connectivity index (χ1v) is 12.9. The number of carbonyl (C=O) groups excluding carboxylic acids is 2. The average molecular weight is 517 g/mol. The summed E-state index contributed by atoms with van der Waals surface area (Å²) in [6.07, 6.45) is 1.84. The predicted octanol–water partition coefficient (Wildman–Crippen LogP) is 7.08. The number of nitrogens with zero attached hydrogens (tertiary/aromatic N) is 2. The summed E-state index contributed by atoms with van der Waals surface area (Å²) in [6.45, 7) is 5.07. The molecule has 2 heterocycles. The number of aryl methyl sites for hydroxylation is 1. The predicted molar refractivity (Wildman–Crippen MR) is 147 cm³/mol. The minimum atomic E-state index is -0.292. The van der Waals surface area contributed by atoms with Crippen LogP contribution in [0, 0.1) is 13.8 Å². The van der Waals surface area contributed by atoms with E-state index in [0.717, 1.165) is 50.8 Å². The molecule has 0 atom stereocenters. The van der Waals surface area contributed by atoms with Crippen molar-refractivity contribution < 1.29 is 14.3 Å². The molecule has 1 aromatic heterocycles. The molecule has 1 saturated heterocycles. The molecular weight excluding hydrogens is 492 g/mol. The Morgan fingerprint density at radius 1 is 0.972 bits per heavy atom. The van der Waals surface area contributed by atoms with Gasteiger partial charge in [-0.2, -0.15) is 0 Å². The first-order valence-electron chi connectivity index (χ1n) is 11.7. The topological polar surface area (TPSA) is 51.5 Å². The number of ether oxygens (including phenoxy) is 1. The van der Waals surface area contributed by atoms with E-state index in [1.54, 1.807) is 0 Å². The molecule has 182 valence electrons. The Hall–Kier alpha value is -3.48. The molecule has 5 rings (SSSR count). The van der Waals surface area contributed by atoms with E-state index in [1.165, 1.54) is 4.90 Å². The Kier molecular flexibility index (Phi) is 6.90. The van der Waals surface area contributed by atoms with E-state index < -0.39 is 0 Å². The van der Waals surface area contributed by atoms with Crippen LogP contribution in [-0.4, -0.2) is 33.8 Å². The van der Waals surface area contributed by atoms with Gasteiger partial charge in [-0.3, -0.25) is 14.5 Å². The van der Waals surface area contributed by atoms with E-state index in [0.29, 0.717) is 16.5 Å². The van der Waals surface area contributed by atoms with Crippen LogP contribution in [-0.2, 0) is 11.3 Å². The highest BCUT2D eigenvalue weighted by atomic mass is 35.5. The highest BCUT2D eigenvalue weighted by Gasteiger charge is 2.35. The highest BCUT2D eigenvalue weighted by Crippen LogP contribution is 2.36. The van der Waals surface area contributed by atoms with Gasteiger partial charge < -0.3 is 9.30 Å². The van der Waals surface area contributed by atoms with Crippen LogP contribution in [0.3, 0.4) is 0 Å². The third-order valence-electron chi connectivity index (χ3n) is 6.29. The largest absolute Gasteiger partial charge is 0.492 e. The Morgan fingerprint density at radius 2 is 1.75 bits per heavy atom. The zero-order chi connectivity index (χ0) is 25.2. The smallest absolute Gasteiger partial charge is 0.293 e. The molecule has 0 unspecified atom stereocenters. The fourth-order valence-corrected chi connectivity index (χ4v) is 5.47. The number of imide groups is 1. The monoisotopic (exact) mass is 516 g/mol. The van der Waals surface area contributed by atoms with Crippen LogP contribution < -0.4 is 4.74 Å². The van der Waals surface area contributed by atoms with Crippen LogP contribution in [0.15, 0.2) is 77.7 Å². The van der Waals surface area contributed by atoms with Crippen molar-refractivity contribution in [2.45, 2.75) is 20.4 Å². The molecule has 5 nitrogen and oxygen atoms in total. The number of halogens is 1. The minimum absolute atomic E-state index is 0.198. The van der Waals surface area contributed by atoms with Crippen molar-refractivity contribution in [2.24, 2.45) is 0 Å². The van der Waals surface area contributed by atoms with Gasteiger partial charge in [0.05, 0.1) is 11.4 Å². The van der Waals surface area contributed by atoms with Crippen LogP contribution in [0.5, 0.6) is 5.75 Å². The molecule has 0 aliphatic carbocycles. The standard InChI is InChI=1S/C29H25ClN2O3S/c1-19-8-7-10-22(16-19)35-15-14-31-28(33)27(36-29(31)34)17-24-20(2)32(26-13-6-4-11-23(24)26)18-21-9-3-5-12-25(21)30/h3-13,16-17H,14-15,18H2,1-2H3/b27-17-. The first kappa shape index (κ1) is 24.2. The van der Waals surface area contributed by atoms with Gasteiger partial charge in [0.1, 0.15) is 12.4 Å². The molecule has 3 aromatic carbocycles. The molecule has 1 aliphatic heterocycles. The van der Waals surface area contributed by atoms with E-state index in [1.807, 2.05) is 86.7 Å². The van der Waals surface area contributed by atoms with Gasteiger partial charge >= 0.3 is 0 Å². The maximum Gasteiger partial charge on any atom is 0.293 e. The zero-order valence-corrected chi connectivity index (χ0v) is 21.6. The van der Waals surface area contributed by atoms with E-state index in [2.05, 4.69) is 10.6 Å². The maximum atomic E-state index is 13.1. The number of fused-ring (bicyclic) bond motifs is 1. The van der Waals surface area contributed by atoms with Crippen molar-refractivity contribution in [3.63, 3.8) is 0 Å². The van der Waals surface area contributed by atoms with Crippen LogP contribution in [0.25, 0.3) is 17.0 Å². The van der Waals surface area contributed by atoms with Crippen LogP contribution in [0.2, 0.25) is 5.02 Å². The lowest BCUT2D eigenvalue weighted by Gasteiger charge is -2.13. The molecule has 1 aliphatic rings. The van der Waals surface area contributed by atoms with E-state index in [-0.39, 0.29) is 24.3 Å². The van der Waals surface area contributed by atoms with Crippen molar-refractivity contribution >= 4 is 51.5 Å². The molecule has 36 heavy (non-hydrogen) atoms. The molecule has 1 fully saturated rings. The minimum Gasteiger partial charge on any atom is -0.492 e. The number of carbonyl (C=O) groups is 2. The summed E-state index contributed by atoms with van der Waals surface area (Å²) < 4.78 is 7.95. The second-order valence-corrected chi connectivity index (χ2v) is 10.1. The number of aromatic nitrogens is 1. The maximum absolute atomic E-state index is 13.1. The number of rotatable bonds is 7. The van der Waals surface area contributed by atoms with E-state index in [9.17, 15) is 9.59 Å². The van der Waals surface area contributed by atoms with Crippen LogP contribution in [0.1, 0.15) is 22.4 Å². The summed E-state index contributed by atoms with van der Waals surface area (Å²) >= 11 is 7.41. The number of benzene rings is 3. The van der Waals surface area contributed by atoms with Crippen molar-refractivity contribution in [3.8, 4) is 5.75 Å². The molecule has 0 N–H and O–H groups in total. The lowest BCUT2D eigenvalue weighted by atomic mass is 10.1. The Balaban J connectivity index is 1.40. The molecule has 7 heteroatoms. The number of para-hydroxylation sites is 1. The Labute approximate surface area is 219 Å². The lowest BCUT2D eigenvalue weighted by Crippen LogP contribution is -2.32. The molecule has 0 radical (unpaired) electrons. The SMILES string of the molecule is Cc1cccc(OCCN2C(=O)S/C(=C\c3c(C)n(Cc4ccccc4Cl)c4ccccc34)C2=O)c1. The van der Waals surface area contributed by atoms with Gasteiger partial charge in [0.15, 0.2) is 0 Å². The summed E-state index contributed by atoms with van der Waals surface area (Å²) in [5, 5.41) is 1.46. The number of hydrogen-bond donors (Lipinski definition) is 0. The quantitative estimate of drug-likeness (QED) is 0.246. The molecule has 4 aromatic rings. The van der Waals surface area contributed by atoms with Crippen molar-refractivity contribution in [1.82, 2.24) is 9.47 Å². The zero-order valence-electron chi connectivity index (χ0n) is 20.0. The number of amides is 2. The van der Waals surface area contributed by atoms with E-state index in [4.69, 9.17) is 16.3 Å². The number of thioether (sulfide) groups is 1. The van der Waals surface area contributed by atoms with Gasteiger partial charge in [0, 0.05) is 33.7 Å². The van der Waals surface area contributed by atoms with Gasteiger partial charge in [-0.05, 0) is 67.1 Å². The first-order chi connectivity index (χ1) is 17.4. The Bertz CT molecular complexity index is 1510. The Morgan fingerprint density at radius 3 is 2.56 bits per heavy atom. The average Bonchev–Trinajstić information content (AvgIpc) is 3.28. The summed E-state index contributed by atoms with van der Waals surface area (Å²) in [5.74, 6) is 0.430. The van der Waals surface area contributed by atoms with Gasteiger partial charge in [-0.25, -0.2) is 0 Å². The molecule has 0 bridgehead atoms. The summed E-state index contributed by atoms with van der Waals surface area (Å²) in [4.78, 5) is 27.5. The summed E-state index contributed by atoms with van der Waals surface area (Å²) in [7, 11) is 0. The normalized spacial score (nSPS) is 14.9. The summed E-state index contributed by atoms with van der Waals surface area (Å²) in [6, 6.07) is 23.6. The van der Waals surface area contributed by atoms with Crippen molar-refractivity contribution in [1.29, 1.82) is 0 Å². The van der Waals surface area contributed by atoms with E-state index >= 15 is 0 Å². The third kappa shape index (κ3) is 4.79. The molecular formula is C29H25ClN2O3S. The molecule has 0 spiro atoms. The number of hydrogen-bond acceptors (Lipinski definition) is 4.